The van der Waals surface area contributed by atoms with Gasteiger partial charge in [0.1, 0.15) is 18.8 Å². The number of ether oxygens (including phenoxy) is 2. The summed E-state index contributed by atoms with van der Waals surface area (Å²) in [5.74, 6) is -0.809. The molecular formula is C16H29NO5. The van der Waals surface area contributed by atoms with Gasteiger partial charge >= 0.3 is 11.9 Å². The first-order chi connectivity index (χ1) is 9.88. The maximum absolute atomic E-state index is 11.9. The molecule has 0 aromatic heterocycles. The summed E-state index contributed by atoms with van der Waals surface area (Å²) in [5.41, 5.74) is -0.314. The molecule has 0 saturated carbocycles. The van der Waals surface area contributed by atoms with E-state index in [2.05, 4.69) is 12.1 Å². The van der Waals surface area contributed by atoms with Gasteiger partial charge in [-0.25, -0.2) is 0 Å². The fourth-order valence-corrected chi connectivity index (χ4v) is 1.39. The fraction of sp³-hybridized carbons (Fsp3) is 0.750. The molecule has 0 aliphatic carbocycles. The van der Waals surface area contributed by atoms with Gasteiger partial charge in [0.05, 0.1) is 10.8 Å². The van der Waals surface area contributed by atoms with Gasteiger partial charge in [-0.3, -0.25) is 9.59 Å². The van der Waals surface area contributed by atoms with Crippen LogP contribution in [0.5, 0.6) is 0 Å². The van der Waals surface area contributed by atoms with Gasteiger partial charge in [-0.1, -0.05) is 6.08 Å². The number of hydrogen-bond acceptors (Lipinski definition) is 6. The van der Waals surface area contributed by atoms with E-state index in [1.54, 1.807) is 47.6 Å². The summed E-state index contributed by atoms with van der Waals surface area (Å²) in [6, 6.07) is 0. The van der Waals surface area contributed by atoms with E-state index in [9.17, 15) is 14.8 Å². The molecule has 6 heteroatoms. The van der Waals surface area contributed by atoms with E-state index in [0.29, 0.717) is 0 Å². The summed E-state index contributed by atoms with van der Waals surface area (Å²) in [6.45, 7) is 13.7. The average molecular weight is 315 g/mol. The molecule has 22 heavy (non-hydrogen) atoms. The molecule has 0 saturated heterocycles. The third kappa shape index (κ3) is 6.58. The van der Waals surface area contributed by atoms with Crippen molar-refractivity contribution < 1.29 is 24.3 Å². The molecule has 0 unspecified atom stereocenters. The molecule has 2 N–H and O–H groups in total. The number of rotatable bonds is 7. The van der Waals surface area contributed by atoms with Crippen molar-refractivity contribution in [1.29, 1.82) is 0 Å². The van der Waals surface area contributed by atoms with Crippen molar-refractivity contribution in [2.75, 3.05) is 13.2 Å². The Morgan fingerprint density at radius 2 is 1.36 bits per heavy atom. The summed E-state index contributed by atoms with van der Waals surface area (Å²) >= 11 is 0. The van der Waals surface area contributed by atoms with Crippen LogP contribution in [-0.2, 0) is 19.1 Å². The number of nitrogens with one attached hydrogen (secondary N) is 1. The van der Waals surface area contributed by atoms with E-state index in [4.69, 9.17) is 9.47 Å². The Kier molecular flexibility index (Phi) is 7.25. The molecule has 0 aliphatic rings. The van der Waals surface area contributed by atoms with Crippen LogP contribution in [0.1, 0.15) is 48.0 Å². The standard InChI is InChI=1S/C16H29NO5/c1-8-9-16(17-20,10-21-12(18)14(2,3)4)11-22-13(19)15(5,6)7/h8,17,20H,1,9-11H2,2-7H3. The van der Waals surface area contributed by atoms with E-state index < -0.39 is 28.3 Å². The molecule has 0 atom stereocenters. The second-order valence-electron chi connectivity index (χ2n) is 7.54. The highest BCUT2D eigenvalue weighted by atomic mass is 16.6. The van der Waals surface area contributed by atoms with Crippen LogP contribution in [0.25, 0.3) is 0 Å². The molecule has 0 spiro atoms. The van der Waals surface area contributed by atoms with Crippen LogP contribution >= 0.6 is 0 Å². The molecule has 0 heterocycles. The summed E-state index contributed by atoms with van der Waals surface area (Å²) in [5, 5.41) is 9.46. The smallest absolute Gasteiger partial charge is 0.311 e. The summed E-state index contributed by atoms with van der Waals surface area (Å²) in [4.78, 5) is 23.7. The second-order valence-corrected chi connectivity index (χ2v) is 7.54. The molecule has 0 fully saturated rings. The van der Waals surface area contributed by atoms with Gasteiger partial charge in [0.2, 0.25) is 0 Å². The number of hydrogen-bond donors (Lipinski definition) is 2. The van der Waals surface area contributed by atoms with Crippen LogP contribution in [0.3, 0.4) is 0 Å². The highest BCUT2D eigenvalue weighted by molar-refractivity contribution is 5.76. The van der Waals surface area contributed by atoms with Crippen molar-refractivity contribution in [1.82, 2.24) is 5.48 Å². The SMILES string of the molecule is C=CCC(COC(=O)C(C)(C)C)(COC(=O)C(C)(C)C)NO. The Labute approximate surface area is 132 Å². The third-order valence-electron chi connectivity index (χ3n) is 2.96. The average Bonchev–Trinajstić information content (AvgIpc) is 2.39. The van der Waals surface area contributed by atoms with Gasteiger partial charge in [0, 0.05) is 0 Å². The molecule has 6 nitrogen and oxygen atoms in total. The molecule has 0 aliphatic heterocycles. The maximum atomic E-state index is 11.9. The van der Waals surface area contributed by atoms with Gasteiger partial charge in [-0.05, 0) is 48.0 Å². The van der Waals surface area contributed by atoms with Crippen LogP contribution in [0.2, 0.25) is 0 Å². The predicted molar refractivity (Wildman–Crippen MR) is 83.3 cm³/mol. The number of hydroxylamine groups is 1. The Balaban J connectivity index is 4.90. The van der Waals surface area contributed by atoms with Gasteiger partial charge in [-0.15, -0.1) is 6.58 Å². The molecule has 0 radical (unpaired) electrons. The van der Waals surface area contributed by atoms with Crippen molar-refractivity contribution in [2.45, 2.75) is 53.5 Å². The topological polar surface area (TPSA) is 84.9 Å². The van der Waals surface area contributed by atoms with Gasteiger partial charge in [-0.2, -0.15) is 5.48 Å². The largest absolute Gasteiger partial charge is 0.463 e. The Hall–Kier alpha value is -1.40. The van der Waals surface area contributed by atoms with Crippen LogP contribution < -0.4 is 5.48 Å². The monoisotopic (exact) mass is 315 g/mol. The van der Waals surface area contributed by atoms with Gasteiger partial charge < -0.3 is 14.7 Å². The minimum absolute atomic E-state index is 0.136. The van der Waals surface area contributed by atoms with Crippen molar-refractivity contribution in [3.63, 3.8) is 0 Å². The predicted octanol–water partition coefficient (Wildman–Crippen LogP) is 2.46. The molecule has 0 aromatic rings. The van der Waals surface area contributed by atoms with Crippen LogP contribution in [0.4, 0.5) is 0 Å². The number of carbonyl (C=O) groups excluding carboxylic acids is 2. The van der Waals surface area contributed by atoms with Gasteiger partial charge in [0.15, 0.2) is 0 Å². The Morgan fingerprint density at radius 1 is 1.00 bits per heavy atom. The fourth-order valence-electron chi connectivity index (χ4n) is 1.39. The van der Waals surface area contributed by atoms with E-state index in [1.165, 1.54) is 0 Å². The lowest BCUT2D eigenvalue weighted by Gasteiger charge is -2.32. The van der Waals surface area contributed by atoms with Crippen LogP contribution in [0, 0.1) is 10.8 Å². The highest BCUT2D eigenvalue weighted by Gasteiger charge is 2.35. The number of carbonyl (C=O) groups is 2. The van der Waals surface area contributed by atoms with Crippen molar-refractivity contribution in [2.24, 2.45) is 10.8 Å². The summed E-state index contributed by atoms with van der Waals surface area (Å²) in [7, 11) is 0. The van der Waals surface area contributed by atoms with E-state index in [1.807, 2.05) is 0 Å². The van der Waals surface area contributed by atoms with Crippen molar-refractivity contribution in [3.05, 3.63) is 12.7 Å². The minimum atomic E-state index is -1.11. The molecule has 0 rings (SSSR count). The van der Waals surface area contributed by atoms with E-state index >= 15 is 0 Å². The van der Waals surface area contributed by atoms with Crippen molar-refractivity contribution in [3.8, 4) is 0 Å². The Morgan fingerprint density at radius 3 is 1.59 bits per heavy atom. The third-order valence-corrected chi connectivity index (χ3v) is 2.96. The number of esters is 2. The summed E-state index contributed by atoms with van der Waals surface area (Å²) in [6.07, 6.45) is 1.82. The first-order valence-corrected chi connectivity index (χ1v) is 7.24. The van der Waals surface area contributed by atoms with E-state index in [-0.39, 0.29) is 19.6 Å². The lowest BCUT2D eigenvalue weighted by atomic mass is 9.95. The zero-order chi connectivity index (χ0) is 17.6. The van der Waals surface area contributed by atoms with Crippen LogP contribution in [-0.4, -0.2) is 35.9 Å². The molecule has 0 amide bonds. The first-order valence-electron chi connectivity index (χ1n) is 7.24. The quantitative estimate of drug-likeness (QED) is 0.426. The van der Waals surface area contributed by atoms with Crippen molar-refractivity contribution >= 4 is 11.9 Å². The zero-order valence-corrected chi connectivity index (χ0v) is 14.5. The lowest BCUT2D eigenvalue weighted by molar-refractivity contribution is -0.164. The maximum Gasteiger partial charge on any atom is 0.311 e. The van der Waals surface area contributed by atoms with Gasteiger partial charge in [0.25, 0.3) is 0 Å². The lowest BCUT2D eigenvalue weighted by Crippen LogP contribution is -2.53. The molecular weight excluding hydrogens is 286 g/mol. The highest BCUT2D eigenvalue weighted by Crippen LogP contribution is 2.21. The summed E-state index contributed by atoms with van der Waals surface area (Å²) < 4.78 is 10.5. The van der Waals surface area contributed by atoms with E-state index in [0.717, 1.165) is 0 Å². The molecule has 0 bridgehead atoms. The first kappa shape index (κ1) is 20.6. The molecule has 128 valence electrons. The Bertz CT molecular complexity index is 374. The van der Waals surface area contributed by atoms with Crippen LogP contribution in [0.15, 0.2) is 12.7 Å². The molecule has 0 aromatic carbocycles. The zero-order valence-electron chi connectivity index (χ0n) is 14.5. The minimum Gasteiger partial charge on any atom is -0.463 e. The second kappa shape index (κ2) is 7.74. The normalized spacial score (nSPS) is 12.7.